The number of hydrogen-bond donors (Lipinski definition) is 0. The summed E-state index contributed by atoms with van der Waals surface area (Å²) in [5.41, 5.74) is 13.0. The van der Waals surface area contributed by atoms with Crippen LogP contribution in [0, 0.1) is 25.5 Å². The van der Waals surface area contributed by atoms with Gasteiger partial charge in [-0.3, -0.25) is 0 Å². The third kappa shape index (κ3) is 6.51. The van der Waals surface area contributed by atoms with E-state index in [9.17, 15) is 0 Å². The van der Waals surface area contributed by atoms with Gasteiger partial charge in [0.1, 0.15) is 11.6 Å². The zero-order chi connectivity index (χ0) is 49.6. The van der Waals surface area contributed by atoms with E-state index < -0.39 is 0 Å². The number of anilines is 6. The lowest BCUT2D eigenvalue weighted by Gasteiger charge is -2.27. The van der Waals surface area contributed by atoms with Crippen molar-refractivity contribution in [3.8, 4) is 11.4 Å². The van der Waals surface area contributed by atoms with Gasteiger partial charge in [-0.25, -0.2) is 8.78 Å². The number of fused-ring (bicyclic) bond motifs is 15. The second kappa shape index (κ2) is 17.1. The van der Waals surface area contributed by atoms with Gasteiger partial charge in [-0.15, -0.1) is 0 Å². The molecule has 0 radical (unpaired) electrons. The van der Waals surface area contributed by atoms with Crippen LogP contribution in [0.15, 0.2) is 243 Å². The van der Waals surface area contributed by atoms with Gasteiger partial charge in [0.15, 0.2) is 0 Å². The van der Waals surface area contributed by atoms with Gasteiger partial charge in [0.2, 0.25) is 0 Å². The summed E-state index contributed by atoms with van der Waals surface area (Å²) in [6.45, 7) is 4.13. The molecule has 2 aromatic heterocycles. The third-order valence-electron chi connectivity index (χ3n) is 15.0. The van der Waals surface area contributed by atoms with Crippen LogP contribution in [0.3, 0.4) is 0 Å². The van der Waals surface area contributed by atoms with Crippen molar-refractivity contribution in [2.24, 2.45) is 0 Å². The summed E-state index contributed by atoms with van der Waals surface area (Å²) >= 11 is 0. The largest absolute Gasteiger partial charge is 0.309 e. The van der Waals surface area contributed by atoms with Crippen LogP contribution in [0.2, 0.25) is 0 Å². The van der Waals surface area contributed by atoms with Gasteiger partial charge in [-0.1, -0.05) is 146 Å². The van der Waals surface area contributed by atoms with Crippen molar-refractivity contribution in [1.82, 2.24) is 9.13 Å². The Morgan fingerprint density at radius 3 is 0.946 bits per heavy atom. The van der Waals surface area contributed by atoms with Crippen molar-refractivity contribution in [2.45, 2.75) is 13.8 Å². The number of aryl methyl sites for hydroxylation is 2. The van der Waals surface area contributed by atoms with Crippen LogP contribution in [0.5, 0.6) is 0 Å². The summed E-state index contributed by atoms with van der Waals surface area (Å²) in [5.74, 6) is -0.585. The van der Waals surface area contributed by atoms with Gasteiger partial charge in [0, 0.05) is 66.4 Å². The SMILES string of the molecule is Cc1ccccc1N(c1ccc(-n2c3ccccc3c3c4ccccc4c4c(c5ccccc5c5c6ccccc6n(-c6ccc(N(c7ccccc7C)c7ccccc7F)cc6)c54)c32)cc1)c1ccccc1F. The molecule has 0 atom stereocenters. The molecule has 0 spiro atoms. The van der Waals surface area contributed by atoms with E-state index in [1.165, 1.54) is 22.9 Å². The Hall–Kier alpha value is -9.52. The molecule has 0 fully saturated rings. The number of halogens is 2. The van der Waals surface area contributed by atoms with Crippen LogP contribution >= 0.6 is 0 Å². The number of nitrogens with zero attached hydrogens (tertiary/aromatic N) is 4. The minimum Gasteiger partial charge on any atom is -0.309 e. The van der Waals surface area contributed by atoms with E-state index in [1.807, 2.05) is 70.5 Å². The standard InChI is InChI=1S/C68H46F2N4/c1-43-19-3-13-29-57(43)71(61-33-17-11-27-55(61)69)45-35-39-47(40-36-45)73-59-31-15-9-25-53(59)63-49-21-5-8-24-52(49)66-65(67(63)73)51-23-7-6-22-50(51)64-54-26-10-16-32-60(54)74(68(64)66)48-41-37-46(38-42-48)72(58-30-14-4-20-44(58)2)62-34-18-12-28-56(62)70/h3-42H,1-2H3. The first-order valence-corrected chi connectivity index (χ1v) is 25.1. The fraction of sp³-hybridized carbons (Fsp3) is 0.0294. The first kappa shape index (κ1) is 43.3. The maximum absolute atomic E-state index is 15.9. The van der Waals surface area contributed by atoms with Gasteiger partial charge >= 0.3 is 0 Å². The molecule has 0 saturated heterocycles. The molecule has 14 aromatic rings. The Labute approximate surface area is 426 Å². The number of rotatable bonds is 8. The molecular formula is C68H46F2N4. The van der Waals surface area contributed by atoms with E-state index in [0.29, 0.717) is 11.4 Å². The monoisotopic (exact) mass is 956 g/mol. The smallest absolute Gasteiger partial charge is 0.147 e. The van der Waals surface area contributed by atoms with Crippen molar-refractivity contribution in [3.05, 3.63) is 265 Å². The van der Waals surface area contributed by atoms with Crippen molar-refractivity contribution >= 4 is 110 Å². The fourth-order valence-electron chi connectivity index (χ4n) is 11.8. The molecular weight excluding hydrogens is 911 g/mol. The number of benzene rings is 12. The number of hydrogen-bond acceptors (Lipinski definition) is 2. The Morgan fingerprint density at radius 2 is 0.581 bits per heavy atom. The molecule has 0 saturated carbocycles. The quantitative estimate of drug-likeness (QED) is 0.141. The highest BCUT2D eigenvalue weighted by Gasteiger charge is 2.27. The van der Waals surface area contributed by atoms with Gasteiger partial charge in [0.25, 0.3) is 0 Å². The van der Waals surface area contributed by atoms with Crippen molar-refractivity contribution in [1.29, 1.82) is 0 Å². The van der Waals surface area contributed by atoms with Crippen LogP contribution in [-0.4, -0.2) is 9.13 Å². The maximum Gasteiger partial charge on any atom is 0.147 e. The highest BCUT2D eigenvalue weighted by molar-refractivity contribution is 6.44. The summed E-state index contributed by atoms with van der Waals surface area (Å²) < 4.78 is 36.6. The molecule has 0 amide bonds. The second-order valence-electron chi connectivity index (χ2n) is 19.2. The molecule has 14 rings (SSSR count). The third-order valence-corrected chi connectivity index (χ3v) is 15.0. The highest BCUT2D eigenvalue weighted by atomic mass is 19.1. The van der Waals surface area contributed by atoms with Crippen LogP contribution in [0.1, 0.15) is 11.1 Å². The molecule has 74 heavy (non-hydrogen) atoms. The summed E-state index contributed by atoms with van der Waals surface area (Å²) in [6.07, 6.45) is 0. The molecule has 352 valence electrons. The summed E-state index contributed by atoms with van der Waals surface area (Å²) in [7, 11) is 0. The Kier molecular flexibility index (Phi) is 9.99. The Balaban J connectivity index is 1.07. The summed E-state index contributed by atoms with van der Waals surface area (Å²) in [4.78, 5) is 4.03. The Morgan fingerprint density at radius 1 is 0.284 bits per heavy atom. The van der Waals surface area contributed by atoms with Crippen LogP contribution in [0.25, 0.3) is 87.3 Å². The van der Waals surface area contributed by atoms with E-state index in [1.54, 1.807) is 12.1 Å². The van der Waals surface area contributed by atoms with Crippen LogP contribution in [0.4, 0.5) is 42.9 Å². The van der Waals surface area contributed by atoms with E-state index >= 15 is 8.78 Å². The fourth-order valence-corrected chi connectivity index (χ4v) is 11.8. The lowest BCUT2D eigenvalue weighted by atomic mass is 9.90. The summed E-state index contributed by atoms with van der Waals surface area (Å²) in [6, 6.07) is 82.6. The maximum atomic E-state index is 15.9. The molecule has 0 bridgehead atoms. The van der Waals surface area contributed by atoms with Crippen molar-refractivity contribution < 1.29 is 8.78 Å². The lowest BCUT2D eigenvalue weighted by molar-refractivity contribution is 0.628. The van der Waals surface area contributed by atoms with Crippen molar-refractivity contribution in [2.75, 3.05) is 9.80 Å². The van der Waals surface area contributed by atoms with E-state index in [2.05, 4.69) is 181 Å². The first-order chi connectivity index (χ1) is 36.4. The van der Waals surface area contributed by atoms with E-state index in [-0.39, 0.29) is 11.6 Å². The first-order valence-electron chi connectivity index (χ1n) is 25.1. The minimum atomic E-state index is -0.293. The van der Waals surface area contributed by atoms with Gasteiger partial charge in [-0.05, 0) is 144 Å². The summed E-state index contributed by atoms with van der Waals surface area (Å²) in [5, 5.41) is 11.6. The van der Waals surface area contributed by atoms with E-state index in [0.717, 1.165) is 110 Å². The molecule has 4 nitrogen and oxygen atoms in total. The zero-order valence-electron chi connectivity index (χ0n) is 40.6. The molecule has 2 heterocycles. The van der Waals surface area contributed by atoms with Crippen LogP contribution < -0.4 is 9.80 Å². The van der Waals surface area contributed by atoms with Gasteiger partial charge in [0.05, 0.1) is 33.4 Å². The average molecular weight is 957 g/mol. The highest BCUT2D eigenvalue weighted by Crippen LogP contribution is 2.51. The normalized spacial score (nSPS) is 11.8. The minimum absolute atomic E-state index is 0.293. The van der Waals surface area contributed by atoms with Crippen LogP contribution in [-0.2, 0) is 0 Å². The number of para-hydroxylation sites is 6. The molecule has 0 N–H and O–H groups in total. The Bertz CT molecular complexity index is 4170. The lowest BCUT2D eigenvalue weighted by Crippen LogP contribution is -2.13. The molecule has 0 aliphatic heterocycles. The molecule has 0 aliphatic carbocycles. The number of aromatic nitrogens is 2. The predicted molar refractivity (Wildman–Crippen MR) is 306 cm³/mol. The second-order valence-corrected chi connectivity index (χ2v) is 19.2. The molecule has 12 aromatic carbocycles. The molecule has 0 unspecified atom stereocenters. The van der Waals surface area contributed by atoms with Crippen molar-refractivity contribution in [3.63, 3.8) is 0 Å². The van der Waals surface area contributed by atoms with Gasteiger partial charge < -0.3 is 18.9 Å². The van der Waals surface area contributed by atoms with Gasteiger partial charge in [-0.2, -0.15) is 0 Å². The topological polar surface area (TPSA) is 16.3 Å². The molecule has 6 heteroatoms. The zero-order valence-corrected chi connectivity index (χ0v) is 40.6. The molecule has 0 aliphatic rings. The predicted octanol–water partition coefficient (Wildman–Crippen LogP) is 19.2. The van der Waals surface area contributed by atoms with E-state index in [4.69, 9.17) is 0 Å². The average Bonchev–Trinajstić information content (AvgIpc) is 3.99.